The summed E-state index contributed by atoms with van der Waals surface area (Å²) in [6.45, 7) is 10.3. The second kappa shape index (κ2) is 7.83. The van der Waals surface area contributed by atoms with Crippen LogP contribution in [0, 0.1) is 9.39 Å². The Morgan fingerprint density at radius 3 is 2.50 bits per heavy atom. The molecule has 1 aliphatic rings. The number of hydrogen-bond acceptors (Lipinski definition) is 4. The number of carbonyl (C=O) groups is 2. The zero-order valence-electron chi connectivity index (χ0n) is 17.7. The lowest BCUT2D eigenvalue weighted by Crippen LogP contribution is -2.41. The van der Waals surface area contributed by atoms with E-state index >= 15 is 4.39 Å². The molecule has 3 rings (SSSR count). The Labute approximate surface area is 189 Å². The van der Waals surface area contributed by atoms with Gasteiger partial charge in [-0.25, -0.2) is 14.0 Å². The summed E-state index contributed by atoms with van der Waals surface area (Å²) >= 11 is 2.25. The zero-order chi connectivity index (χ0) is 22.4. The van der Waals surface area contributed by atoms with E-state index in [9.17, 15) is 9.59 Å². The van der Waals surface area contributed by atoms with Gasteiger partial charge < -0.3 is 15.2 Å². The fourth-order valence-corrected chi connectivity index (χ4v) is 5.10. The fourth-order valence-electron chi connectivity index (χ4n) is 4.37. The number of halogens is 2. The van der Waals surface area contributed by atoms with Crippen molar-refractivity contribution in [1.29, 1.82) is 0 Å². The molecule has 5 nitrogen and oxygen atoms in total. The number of hydrogen-bond donors (Lipinski definition) is 1. The van der Waals surface area contributed by atoms with Crippen molar-refractivity contribution >= 4 is 34.7 Å². The minimum Gasteiger partial charge on any atom is -0.486 e. The third kappa shape index (κ3) is 4.17. The van der Waals surface area contributed by atoms with Gasteiger partial charge in [-0.3, -0.25) is 0 Å². The number of rotatable bonds is 3. The monoisotopic (exact) mass is 525 g/mol. The van der Waals surface area contributed by atoms with Crippen molar-refractivity contribution in [2.75, 3.05) is 0 Å². The highest BCUT2D eigenvalue weighted by Crippen LogP contribution is 2.48. The number of amides is 1. The first-order valence-corrected chi connectivity index (χ1v) is 10.8. The highest BCUT2D eigenvalue weighted by atomic mass is 127. The molecule has 0 radical (unpaired) electrons. The van der Waals surface area contributed by atoms with E-state index < -0.39 is 17.9 Å². The van der Waals surface area contributed by atoms with Gasteiger partial charge in [-0.05, 0) is 89.6 Å². The van der Waals surface area contributed by atoms with Gasteiger partial charge in [-0.1, -0.05) is 26.8 Å². The van der Waals surface area contributed by atoms with E-state index in [1.165, 1.54) is 6.07 Å². The van der Waals surface area contributed by atoms with Crippen LogP contribution in [0.15, 0.2) is 24.3 Å². The molecule has 0 saturated heterocycles. The number of benzene rings is 2. The predicted octanol–water partition coefficient (Wildman–Crippen LogP) is 5.73. The molecule has 0 unspecified atom stereocenters. The summed E-state index contributed by atoms with van der Waals surface area (Å²) in [4.78, 5) is 22.9. The topological polar surface area (TPSA) is 78.6 Å². The number of nitrogens with two attached hydrogens (primary N) is 1. The summed E-state index contributed by atoms with van der Waals surface area (Å²) in [6.07, 6.45) is -0.0605. The van der Waals surface area contributed by atoms with Gasteiger partial charge in [-0.2, -0.15) is 0 Å². The number of carbonyl (C=O) groups excluding carboxylic acids is 2. The maximum atomic E-state index is 15.1. The number of primary amides is 1. The minimum absolute atomic E-state index is 0.122. The number of esters is 1. The summed E-state index contributed by atoms with van der Waals surface area (Å²) in [7, 11) is 0. The highest BCUT2D eigenvalue weighted by Gasteiger charge is 2.40. The Kier molecular flexibility index (Phi) is 5.88. The van der Waals surface area contributed by atoms with Crippen LogP contribution in [0.3, 0.4) is 0 Å². The van der Waals surface area contributed by atoms with E-state index in [4.69, 9.17) is 10.5 Å². The second-order valence-corrected chi connectivity index (χ2v) is 9.93. The molecule has 0 saturated carbocycles. The number of fused-ring (bicyclic) bond motifs is 1. The van der Waals surface area contributed by atoms with Gasteiger partial charge in [0.15, 0.2) is 0 Å². The van der Waals surface area contributed by atoms with Crippen LogP contribution in [-0.4, -0.2) is 17.7 Å². The summed E-state index contributed by atoms with van der Waals surface area (Å²) < 4.78 is 26.7. The second-order valence-electron chi connectivity index (χ2n) is 8.77. The molecule has 30 heavy (non-hydrogen) atoms. The molecule has 160 valence electrons. The van der Waals surface area contributed by atoms with E-state index in [1.807, 2.05) is 19.1 Å². The van der Waals surface area contributed by atoms with Gasteiger partial charge >= 0.3 is 12.1 Å². The smallest absolute Gasteiger partial charge is 0.412 e. The first kappa shape index (κ1) is 22.5. The molecule has 0 aromatic heterocycles. The Hall–Kier alpha value is -2.16. The Bertz CT molecular complexity index is 1050. The van der Waals surface area contributed by atoms with Gasteiger partial charge in [0.05, 0.1) is 9.13 Å². The molecule has 0 aliphatic carbocycles. The lowest BCUT2D eigenvalue weighted by Gasteiger charge is -2.43. The molecule has 2 aromatic carbocycles. The molecule has 2 N–H and O–H groups in total. The van der Waals surface area contributed by atoms with E-state index in [0.717, 1.165) is 26.9 Å². The summed E-state index contributed by atoms with van der Waals surface area (Å²) in [6, 6.07) is 7.01. The van der Waals surface area contributed by atoms with E-state index in [0.29, 0.717) is 17.5 Å². The molecule has 1 heterocycles. The van der Waals surface area contributed by atoms with Crippen molar-refractivity contribution in [2.45, 2.75) is 58.5 Å². The van der Waals surface area contributed by atoms with Crippen LogP contribution in [0.5, 0.6) is 5.75 Å². The fraction of sp³-hybridized carbons (Fsp3) is 0.391. The summed E-state index contributed by atoms with van der Waals surface area (Å²) in [5.74, 6) is -0.940. The van der Waals surface area contributed by atoms with Gasteiger partial charge in [-0.15, -0.1) is 0 Å². The minimum atomic E-state index is -1.27. The van der Waals surface area contributed by atoms with Crippen LogP contribution in [0.1, 0.15) is 62.5 Å². The van der Waals surface area contributed by atoms with Crippen molar-refractivity contribution in [2.24, 2.45) is 5.73 Å². The van der Waals surface area contributed by atoms with Crippen LogP contribution in [0.25, 0.3) is 11.1 Å². The normalized spacial score (nSPS) is 16.4. The molecule has 0 bridgehead atoms. The highest BCUT2D eigenvalue weighted by molar-refractivity contribution is 14.1. The zero-order valence-corrected chi connectivity index (χ0v) is 19.8. The molecule has 7 heteroatoms. The van der Waals surface area contributed by atoms with Crippen LogP contribution in [0.2, 0.25) is 0 Å². The van der Waals surface area contributed by atoms with Crippen LogP contribution >= 0.6 is 22.6 Å². The van der Waals surface area contributed by atoms with Crippen molar-refractivity contribution in [1.82, 2.24) is 0 Å². The number of ether oxygens (including phenoxy) is 2. The lowest BCUT2D eigenvalue weighted by molar-refractivity contribution is 0.0523. The predicted molar refractivity (Wildman–Crippen MR) is 121 cm³/mol. The van der Waals surface area contributed by atoms with Crippen molar-refractivity contribution in [3.05, 3.63) is 50.3 Å². The average molecular weight is 525 g/mol. The third-order valence-electron chi connectivity index (χ3n) is 5.34. The lowest BCUT2D eigenvalue weighted by atomic mass is 9.73. The first-order valence-electron chi connectivity index (χ1n) is 9.72. The van der Waals surface area contributed by atoms with Gasteiger partial charge in [0.25, 0.3) is 0 Å². The molecular formula is C23H25FINO4. The van der Waals surface area contributed by atoms with Gasteiger partial charge in [0.2, 0.25) is 0 Å². The molecule has 0 atom stereocenters. The van der Waals surface area contributed by atoms with Crippen LogP contribution < -0.4 is 10.5 Å². The van der Waals surface area contributed by atoms with E-state index in [2.05, 4.69) is 55.0 Å². The van der Waals surface area contributed by atoms with E-state index in [-0.39, 0.29) is 16.6 Å². The van der Waals surface area contributed by atoms with Gasteiger partial charge in [0.1, 0.15) is 17.2 Å². The maximum Gasteiger partial charge on any atom is 0.412 e. The van der Waals surface area contributed by atoms with Crippen molar-refractivity contribution in [3.8, 4) is 16.9 Å². The molecule has 2 aromatic rings. The van der Waals surface area contributed by atoms with Gasteiger partial charge in [0, 0.05) is 5.56 Å². The van der Waals surface area contributed by atoms with Crippen molar-refractivity contribution < 1.29 is 23.5 Å². The first-order chi connectivity index (χ1) is 13.9. The van der Waals surface area contributed by atoms with Crippen molar-refractivity contribution in [3.63, 3.8) is 0 Å². The molecule has 1 amide bonds. The molecule has 0 spiro atoms. The summed E-state index contributed by atoms with van der Waals surface area (Å²) in [5.41, 5.74) is 7.15. The standard InChI is InChI=1S/C23H25FINO4/c1-6-13-14(7-8-15(18(13)24)20(27)29-21(26)28)12-9-16-19(17(25)10-12)30-23(4,5)11-22(16,2)3/h7-10H,6,11H2,1-5H3,(H2,26,28). The Balaban J connectivity index is 2.16. The largest absolute Gasteiger partial charge is 0.486 e. The Morgan fingerprint density at radius 1 is 1.23 bits per heavy atom. The third-order valence-corrected chi connectivity index (χ3v) is 6.14. The molecule has 1 aliphatic heterocycles. The SMILES string of the molecule is CCc1c(-c2cc(I)c3c(c2)C(C)(C)CC(C)(C)O3)ccc(C(=O)OC(N)=O)c1F. The van der Waals surface area contributed by atoms with E-state index in [1.54, 1.807) is 6.07 Å². The molecule has 0 fully saturated rings. The maximum absolute atomic E-state index is 15.1. The molecular weight excluding hydrogens is 500 g/mol. The Morgan fingerprint density at radius 2 is 1.90 bits per heavy atom. The quantitative estimate of drug-likeness (QED) is 0.315. The summed E-state index contributed by atoms with van der Waals surface area (Å²) in [5, 5.41) is 0. The van der Waals surface area contributed by atoms with Crippen LogP contribution in [0.4, 0.5) is 9.18 Å². The average Bonchev–Trinajstić information content (AvgIpc) is 2.60. The van der Waals surface area contributed by atoms with Crippen LogP contribution in [-0.2, 0) is 16.6 Å².